The number of amides is 1. The average molecular weight is 277 g/mol. The molecule has 1 amide bonds. The summed E-state index contributed by atoms with van der Waals surface area (Å²) in [6, 6.07) is 8.52. The van der Waals surface area contributed by atoms with E-state index in [9.17, 15) is 14.7 Å². The van der Waals surface area contributed by atoms with Crippen molar-refractivity contribution >= 4 is 12.1 Å². The molecule has 1 saturated heterocycles. The first-order valence-corrected chi connectivity index (χ1v) is 6.57. The maximum absolute atomic E-state index is 12.0. The number of hydrogen-bond acceptors (Lipinski definition) is 3. The summed E-state index contributed by atoms with van der Waals surface area (Å²) < 4.78 is 5.23. The monoisotopic (exact) mass is 277 g/mol. The molecule has 1 aromatic rings. The Bertz CT molecular complexity index is 506. The number of aliphatic carboxylic acids is 1. The second-order valence-electron chi connectivity index (χ2n) is 5.93. The molecular weight excluding hydrogens is 258 g/mol. The fourth-order valence-electron chi connectivity index (χ4n) is 2.31. The first-order valence-electron chi connectivity index (χ1n) is 6.57. The summed E-state index contributed by atoms with van der Waals surface area (Å²) in [6.45, 7) is 5.65. The van der Waals surface area contributed by atoms with Crippen molar-refractivity contribution in [2.24, 2.45) is 0 Å². The van der Waals surface area contributed by atoms with E-state index < -0.39 is 23.7 Å². The van der Waals surface area contributed by atoms with Gasteiger partial charge in [-0.05, 0) is 26.3 Å². The molecule has 0 aromatic heterocycles. The van der Waals surface area contributed by atoms with Gasteiger partial charge in [0.05, 0.1) is 0 Å². The van der Waals surface area contributed by atoms with Crippen molar-refractivity contribution in [3.63, 3.8) is 0 Å². The van der Waals surface area contributed by atoms with Crippen molar-refractivity contribution in [2.45, 2.75) is 38.3 Å². The van der Waals surface area contributed by atoms with Crippen LogP contribution in [0.5, 0.6) is 0 Å². The van der Waals surface area contributed by atoms with Crippen molar-refractivity contribution in [3.05, 3.63) is 35.9 Å². The third kappa shape index (κ3) is 2.92. The molecule has 0 spiro atoms. The predicted octanol–water partition coefficient (Wildman–Crippen LogP) is 2.47. The molecule has 1 fully saturated rings. The molecule has 0 radical (unpaired) electrons. The number of nitrogens with zero attached hydrogens (tertiary/aromatic N) is 1. The fraction of sp³-hybridized carbons (Fsp3) is 0.467. The van der Waals surface area contributed by atoms with Crippen molar-refractivity contribution in [3.8, 4) is 0 Å². The summed E-state index contributed by atoms with van der Waals surface area (Å²) in [4.78, 5) is 24.6. The van der Waals surface area contributed by atoms with Gasteiger partial charge in [0.15, 0.2) is 0 Å². The minimum absolute atomic E-state index is 0.179. The lowest BCUT2D eigenvalue weighted by molar-refractivity contribution is -0.149. The second-order valence-corrected chi connectivity index (χ2v) is 5.93. The van der Waals surface area contributed by atoms with Gasteiger partial charge in [0.25, 0.3) is 0 Å². The third-order valence-electron chi connectivity index (χ3n) is 3.22. The Kier molecular flexibility index (Phi) is 3.70. The van der Waals surface area contributed by atoms with E-state index in [1.54, 1.807) is 20.8 Å². The predicted molar refractivity (Wildman–Crippen MR) is 73.5 cm³/mol. The second kappa shape index (κ2) is 5.15. The minimum Gasteiger partial charge on any atom is -0.480 e. The van der Waals surface area contributed by atoms with Gasteiger partial charge in [0, 0.05) is 12.5 Å². The van der Waals surface area contributed by atoms with Crippen molar-refractivity contribution in [1.82, 2.24) is 4.90 Å². The molecule has 1 heterocycles. The maximum Gasteiger partial charge on any atom is 0.411 e. The summed E-state index contributed by atoms with van der Waals surface area (Å²) in [5, 5.41) is 9.33. The van der Waals surface area contributed by atoms with Crippen LogP contribution in [-0.4, -0.2) is 40.3 Å². The Labute approximate surface area is 118 Å². The van der Waals surface area contributed by atoms with Crippen LogP contribution in [0.25, 0.3) is 0 Å². The van der Waals surface area contributed by atoms with E-state index in [4.69, 9.17) is 4.74 Å². The highest BCUT2D eigenvalue weighted by Gasteiger charge is 2.48. The number of carboxylic acid groups (broad SMARTS) is 1. The Morgan fingerprint density at radius 2 is 1.85 bits per heavy atom. The molecule has 0 saturated carbocycles. The van der Waals surface area contributed by atoms with Gasteiger partial charge in [-0.2, -0.15) is 0 Å². The lowest BCUT2D eigenvalue weighted by Crippen LogP contribution is -2.61. The number of carbonyl (C=O) groups excluding carboxylic acids is 1. The summed E-state index contributed by atoms with van der Waals surface area (Å²) in [5.41, 5.74) is 0.303. The maximum atomic E-state index is 12.0. The normalized spacial score (nSPS) is 22.1. The number of likely N-dealkylation sites (tertiary alicyclic amines) is 1. The van der Waals surface area contributed by atoms with E-state index in [1.807, 2.05) is 30.3 Å². The lowest BCUT2D eigenvalue weighted by Gasteiger charge is -2.45. The van der Waals surface area contributed by atoms with Crippen LogP contribution in [0.3, 0.4) is 0 Å². The van der Waals surface area contributed by atoms with Crippen LogP contribution >= 0.6 is 0 Å². The quantitative estimate of drug-likeness (QED) is 0.901. The smallest absolute Gasteiger partial charge is 0.411 e. The molecule has 0 aliphatic carbocycles. The van der Waals surface area contributed by atoms with Crippen LogP contribution in [0.15, 0.2) is 30.3 Å². The molecule has 1 aromatic carbocycles. The highest BCUT2D eigenvalue weighted by molar-refractivity contribution is 5.83. The fourth-order valence-corrected chi connectivity index (χ4v) is 2.31. The zero-order valence-corrected chi connectivity index (χ0v) is 11.9. The van der Waals surface area contributed by atoms with E-state index in [0.29, 0.717) is 6.54 Å². The average Bonchev–Trinajstić information content (AvgIpc) is 2.25. The number of carbonyl (C=O) groups is 2. The Hall–Kier alpha value is -2.04. The minimum atomic E-state index is -1.00. The van der Waals surface area contributed by atoms with Crippen molar-refractivity contribution in [1.29, 1.82) is 0 Å². The van der Waals surface area contributed by atoms with Gasteiger partial charge in [0.2, 0.25) is 0 Å². The molecule has 1 aliphatic rings. The van der Waals surface area contributed by atoms with E-state index in [0.717, 1.165) is 5.56 Å². The number of carboxylic acids is 1. The zero-order valence-electron chi connectivity index (χ0n) is 11.9. The standard InChI is InChI=1S/C15H19NO4/c1-15(2,3)20-14(19)16-9-11(12(16)13(17)18)10-7-5-4-6-8-10/h4-8,11-12H,9H2,1-3H3,(H,17,18)/t11?,12-/m1/s1. The van der Waals surface area contributed by atoms with Crippen molar-refractivity contribution in [2.75, 3.05) is 6.54 Å². The van der Waals surface area contributed by atoms with Crippen LogP contribution in [0.4, 0.5) is 4.79 Å². The summed E-state index contributed by atoms with van der Waals surface area (Å²) >= 11 is 0. The van der Waals surface area contributed by atoms with Gasteiger partial charge < -0.3 is 9.84 Å². The van der Waals surface area contributed by atoms with Gasteiger partial charge in [-0.3, -0.25) is 4.90 Å². The molecule has 108 valence electrons. The Morgan fingerprint density at radius 1 is 1.25 bits per heavy atom. The lowest BCUT2D eigenvalue weighted by atomic mass is 9.83. The van der Waals surface area contributed by atoms with E-state index >= 15 is 0 Å². The van der Waals surface area contributed by atoms with Gasteiger partial charge in [-0.25, -0.2) is 9.59 Å². The Balaban J connectivity index is 2.12. The summed E-state index contributed by atoms with van der Waals surface area (Å²) in [5.74, 6) is -1.18. The molecule has 0 bridgehead atoms. The molecule has 1 aliphatic heterocycles. The topological polar surface area (TPSA) is 66.8 Å². The van der Waals surface area contributed by atoms with Gasteiger partial charge in [-0.15, -0.1) is 0 Å². The van der Waals surface area contributed by atoms with Gasteiger partial charge >= 0.3 is 12.1 Å². The SMILES string of the molecule is CC(C)(C)OC(=O)N1CC(c2ccccc2)[C@@H]1C(=O)O. The molecule has 5 heteroatoms. The third-order valence-corrected chi connectivity index (χ3v) is 3.22. The highest BCUT2D eigenvalue weighted by Crippen LogP contribution is 2.35. The first kappa shape index (κ1) is 14.4. The molecule has 2 rings (SSSR count). The van der Waals surface area contributed by atoms with Crippen molar-refractivity contribution < 1.29 is 19.4 Å². The van der Waals surface area contributed by atoms with Crippen LogP contribution in [0, 0.1) is 0 Å². The number of rotatable bonds is 2. The zero-order chi connectivity index (χ0) is 14.9. The molecule has 2 atom stereocenters. The molecule has 1 N–H and O–H groups in total. The van der Waals surface area contributed by atoms with Crippen LogP contribution in [0.2, 0.25) is 0 Å². The number of hydrogen-bond donors (Lipinski definition) is 1. The number of ether oxygens (including phenoxy) is 1. The highest BCUT2D eigenvalue weighted by atomic mass is 16.6. The van der Waals surface area contributed by atoms with Gasteiger partial charge in [0.1, 0.15) is 11.6 Å². The van der Waals surface area contributed by atoms with E-state index in [2.05, 4.69) is 0 Å². The summed E-state index contributed by atoms with van der Waals surface area (Å²) in [7, 11) is 0. The molecule has 20 heavy (non-hydrogen) atoms. The largest absolute Gasteiger partial charge is 0.480 e. The van der Waals surface area contributed by atoms with E-state index in [-0.39, 0.29) is 5.92 Å². The van der Waals surface area contributed by atoms with Gasteiger partial charge in [-0.1, -0.05) is 30.3 Å². The number of benzene rings is 1. The van der Waals surface area contributed by atoms with Crippen LogP contribution in [0.1, 0.15) is 32.3 Å². The Morgan fingerprint density at radius 3 is 2.35 bits per heavy atom. The summed E-state index contributed by atoms with van der Waals surface area (Å²) in [6.07, 6.45) is -0.572. The molecule has 5 nitrogen and oxygen atoms in total. The first-order chi connectivity index (χ1) is 9.29. The van der Waals surface area contributed by atoms with Crippen LogP contribution < -0.4 is 0 Å². The van der Waals surface area contributed by atoms with Crippen LogP contribution in [-0.2, 0) is 9.53 Å². The molecular formula is C15H19NO4. The molecule has 1 unspecified atom stereocenters. The van der Waals surface area contributed by atoms with E-state index in [1.165, 1.54) is 4.90 Å².